The summed E-state index contributed by atoms with van der Waals surface area (Å²) in [7, 11) is 0. The quantitative estimate of drug-likeness (QED) is 0.558. The molecular weight excluding hydrogens is 313 g/mol. The van der Waals surface area contributed by atoms with Crippen LogP contribution in [0.1, 0.15) is 16.7 Å². The highest BCUT2D eigenvalue weighted by Crippen LogP contribution is 2.23. The molecule has 0 fully saturated rings. The van der Waals surface area contributed by atoms with Crippen molar-refractivity contribution in [2.24, 2.45) is 0 Å². The van der Waals surface area contributed by atoms with Gasteiger partial charge in [0.1, 0.15) is 6.33 Å². The number of halogens is 1. The smallest absolute Gasteiger partial charge is 0.199 e. The largest absolute Gasteiger partial charge is 0.505 e. The van der Waals surface area contributed by atoms with E-state index in [4.69, 9.17) is 12.2 Å². The molecule has 116 valence electrons. The van der Waals surface area contributed by atoms with E-state index in [2.05, 4.69) is 10.2 Å². The van der Waals surface area contributed by atoms with Crippen LogP contribution in [0.15, 0.2) is 42.7 Å². The Morgan fingerprint density at radius 2 is 1.87 bits per heavy atom. The third-order valence-electron chi connectivity index (χ3n) is 3.47. The molecule has 3 aromatic rings. The van der Waals surface area contributed by atoms with Crippen LogP contribution in [-0.2, 0) is 0 Å². The highest BCUT2D eigenvalue weighted by atomic mass is 32.1. The first-order valence-electron chi connectivity index (χ1n) is 6.94. The number of benzene rings is 2. The summed E-state index contributed by atoms with van der Waals surface area (Å²) in [6, 6.07) is 10.8. The monoisotopic (exact) mass is 327 g/mol. The maximum Gasteiger partial charge on any atom is 0.199 e. The van der Waals surface area contributed by atoms with E-state index in [0.29, 0.717) is 15.9 Å². The summed E-state index contributed by atoms with van der Waals surface area (Å²) in [5.41, 5.74) is 3.08. The summed E-state index contributed by atoms with van der Waals surface area (Å²) in [6.07, 6.45) is 5.30. The van der Waals surface area contributed by atoms with Crippen molar-refractivity contribution >= 4 is 24.4 Å². The maximum absolute atomic E-state index is 13.5. The minimum atomic E-state index is -0.616. The molecule has 0 aliphatic rings. The van der Waals surface area contributed by atoms with Gasteiger partial charge in [0.2, 0.25) is 0 Å². The Labute approximate surface area is 137 Å². The summed E-state index contributed by atoms with van der Waals surface area (Å²) in [5, 5.41) is 16.0. The average molecular weight is 327 g/mol. The second-order valence-electron chi connectivity index (χ2n) is 5.12. The van der Waals surface area contributed by atoms with Gasteiger partial charge in [-0.1, -0.05) is 24.3 Å². The van der Waals surface area contributed by atoms with Crippen molar-refractivity contribution in [3.05, 3.63) is 70.0 Å². The summed E-state index contributed by atoms with van der Waals surface area (Å²) >= 11 is 5.13. The number of hydrogen-bond acceptors (Lipinski definition) is 3. The van der Waals surface area contributed by atoms with Crippen LogP contribution in [0, 0.1) is 17.5 Å². The van der Waals surface area contributed by atoms with Gasteiger partial charge in [-0.3, -0.25) is 9.67 Å². The van der Waals surface area contributed by atoms with E-state index in [0.717, 1.165) is 11.3 Å². The molecule has 0 aliphatic carbocycles. The van der Waals surface area contributed by atoms with Gasteiger partial charge >= 0.3 is 0 Å². The molecule has 0 unspecified atom stereocenters. The first-order valence-corrected chi connectivity index (χ1v) is 7.35. The Kier molecular flexibility index (Phi) is 4.08. The van der Waals surface area contributed by atoms with Gasteiger partial charge in [-0.15, -0.1) is 0 Å². The third-order valence-corrected chi connectivity index (χ3v) is 3.76. The lowest BCUT2D eigenvalue weighted by Gasteiger charge is -2.03. The van der Waals surface area contributed by atoms with Crippen LogP contribution in [0.2, 0.25) is 0 Å². The van der Waals surface area contributed by atoms with Crippen molar-refractivity contribution in [1.82, 2.24) is 14.8 Å². The van der Waals surface area contributed by atoms with Crippen LogP contribution in [0.5, 0.6) is 5.75 Å². The van der Waals surface area contributed by atoms with Gasteiger partial charge < -0.3 is 5.11 Å². The molecule has 0 bridgehead atoms. The minimum absolute atomic E-state index is 0.302. The second-order valence-corrected chi connectivity index (χ2v) is 5.51. The molecule has 0 saturated carbocycles. The van der Waals surface area contributed by atoms with Gasteiger partial charge in [0.25, 0.3) is 0 Å². The maximum atomic E-state index is 13.5. The molecule has 0 atom stereocenters. The van der Waals surface area contributed by atoms with Gasteiger partial charge in [0.15, 0.2) is 16.3 Å². The van der Waals surface area contributed by atoms with Crippen molar-refractivity contribution < 1.29 is 9.50 Å². The number of nitrogens with one attached hydrogen (secondary N) is 1. The van der Waals surface area contributed by atoms with Gasteiger partial charge in [0, 0.05) is 5.69 Å². The Bertz CT molecular complexity index is 903. The van der Waals surface area contributed by atoms with E-state index in [1.165, 1.54) is 6.07 Å². The van der Waals surface area contributed by atoms with Crippen LogP contribution in [0.25, 0.3) is 17.8 Å². The molecule has 3 rings (SSSR count). The van der Waals surface area contributed by atoms with Gasteiger partial charge in [-0.2, -0.15) is 5.10 Å². The Balaban J connectivity index is 1.84. The molecule has 0 aliphatic heterocycles. The lowest BCUT2D eigenvalue weighted by Crippen LogP contribution is -1.91. The molecule has 6 heteroatoms. The van der Waals surface area contributed by atoms with E-state index >= 15 is 0 Å². The molecule has 4 nitrogen and oxygen atoms in total. The number of rotatable bonds is 3. The second kappa shape index (κ2) is 6.18. The van der Waals surface area contributed by atoms with Gasteiger partial charge in [-0.25, -0.2) is 4.39 Å². The van der Waals surface area contributed by atoms with Crippen molar-refractivity contribution in [2.75, 3.05) is 0 Å². The number of phenolic OH excluding ortho intramolecular Hbond substituents is 1. The fourth-order valence-electron chi connectivity index (χ4n) is 2.23. The fourth-order valence-corrected chi connectivity index (χ4v) is 2.44. The molecule has 23 heavy (non-hydrogen) atoms. The summed E-state index contributed by atoms with van der Waals surface area (Å²) in [6.45, 7) is 1.67. The lowest BCUT2D eigenvalue weighted by molar-refractivity contribution is 0.428. The molecule has 0 radical (unpaired) electrons. The van der Waals surface area contributed by atoms with E-state index in [1.54, 1.807) is 30.0 Å². The summed E-state index contributed by atoms with van der Waals surface area (Å²) in [5.74, 6) is -0.919. The van der Waals surface area contributed by atoms with Crippen LogP contribution >= 0.6 is 12.2 Å². The van der Waals surface area contributed by atoms with Crippen molar-refractivity contribution in [2.45, 2.75) is 6.92 Å². The zero-order chi connectivity index (χ0) is 16.4. The van der Waals surface area contributed by atoms with E-state index in [9.17, 15) is 9.50 Å². The number of H-pyrrole nitrogens is 1. The van der Waals surface area contributed by atoms with Crippen LogP contribution in [0.4, 0.5) is 4.39 Å². The van der Waals surface area contributed by atoms with Crippen LogP contribution in [-0.4, -0.2) is 19.9 Å². The molecule has 0 spiro atoms. The predicted molar refractivity (Wildman–Crippen MR) is 90.5 cm³/mol. The van der Waals surface area contributed by atoms with Crippen LogP contribution in [0.3, 0.4) is 0 Å². The number of aromatic hydroxyl groups is 1. The summed E-state index contributed by atoms with van der Waals surface area (Å²) < 4.78 is 15.8. The number of nitrogens with zero attached hydrogens (tertiary/aromatic N) is 2. The van der Waals surface area contributed by atoms with E-state index in [-0.39, 0.29) is 5.75 Å². The zero-order valence-electron chi connectivity index (χ0n) is 12.3. The van der Waals surface area contributed by atoms with Crippen molar-refractivity contribution in [3.8, 4) is 11.4 Å². The molecule has 1 heterocycles. The number of aromatic amines is 1. The standard InChI is InChI=1S/C17H14FN3OS/c1-11-8-13(9-15(18)16(11)22)3-2-12-4-6-14(7-5-12)21-10-19-20-17(21)23/h2-10,22H,1H3,(H,20,23)/b3-2+. The number of phenols is 1. The van der Waals surface area contributed by atoms with Crippen molar-refractivity contribution in [1.29, 1.82) is 0 Å². The Morgan fingerprint density at radius 3 is 2.48 bits per heavy atom. The van der Waals surface area contributed by atoms with Gasteiger partial charge in [0.05, 0.1) is 0 Å². The summed E-state index contributed by atoms with van der Waals surface area (Å²) in [4.78, 5) is 0. The molecule has 0 saturated heterocycles. The normalized spacial score (nSPS) is 11.2. The van der Waals surface area contributed by atoms with E-state index < -0.39 is 5.82 Å². The molecule has 0 amide bonds. The molecule has 2 aromatic carbocycles. The molecule has 2 N–H and O–H groups in total. The Hall–Kier alpha value is -2.73. The van der Waals surface area contributed by atoms with Crippen molar-refractivity contribution in [3.63, 3.8) is 0 Å². The van der Waals surface area contributed by atoms with Gasteiger partial charge in [-0.05, 0) is 60.1 Å². The average Bonchev–Trinajstić information content (AvgIpc) is 2.97. The fraction of sp³-hybridized carbons (Fsp3) is 0.0588. The first-order chi connectivity index (χ1) is 11.0. The predicted octanol–water partition coefficient (Wildman–Crippen LogP) is 4.25. The number of hydrogen-bond donors (Lipinski definition) is 2. The minimum Gasteiger partial charge on any atom is -0.505 e. The highest BCUT2D eigenvalue weighted by Gasteiger charge is 2.04. The van der Waals surface area contributed by atoms with Crippen LogP contribution < -0.4 is 0 Å². The lowest BCUT2D eigenvalue weighted by atomic mass is 10.1. The highest BCUT2D eigenvalue weighted by molar-refractivity contribution is 7.71. The molecule has 1 aromatic heterocycles. The van der Waals surface area contributed by atoms with E-state index in [1.807, 2.05) is 30.3 Å². The SMILES string of the molecule is Cc1cc(/C=C/c2ccc(-n3cn[nH]c3=S)cc2)cc(F)c1O. The number of aryl methyl sites for hydroxylation is 1. The zero-order valence-corrected chi connectivity index (χ0v) is 13.1. The first kappa shape index (κ1) is 15.2. The Morgan fingerprint density at radius 1 is 1.17 bits per heavy atom. The number of aromatic nitrogens is 3. The topological polar surface area (TPSA) is 53.8 Å². The third kappa shape index (κ3) is 3.22. The molecular formula is C17H14FN3OS.